The monoisotopic (exact) mass is 333 g/mol. The Morgan fingerprint density at radius 2 is 2.19 bits per heavy atom. The first-order chi connectivity index (χ1) is 7.65. The van der Waals surface area contributed by atoms with Gasteiger partial charge in [0.2, 0.25) is 0 Å². The van der Waals surface area contributed by atoms with Crippen LogP contribution in [0, 0.1) is 3.57 Å². The highest BCUT2D eigenvalue weighted by molar-refractivity contribution is 14.1. The topological polar surface area (TPSA) is 49.3 Å². The second kappa shape index (κ2) is 6.73. The minimum atomic E-state index is -0.202. The van der Waals surface area contributed by atoms with E-state index in [-0.39, 0.29) is 11.7 Å². The van der Waals surface area contributed by atoms with Crippen molar-refractivity contribution >= 4 is 28.5 Å². The molecule has 1 rings (SSSR count). The van der Waals surface area contributed by atoms with E-state index in [9.17, 15) is 9.90 Å². The lowest BCUT2D eigenvalue weighted by Gasteiger charge is -2.06. The van der Waals surface area contributed by atoms with E-state index in [4.69, 9.17) is 0 Å². The number of carbonyl (C=O) groups excluding carboxylic acids is 1. The predicted molar refractivity (Wildman–Crippen MR) is 72.7 cm³/mol. The predicted octanol–water partition coefficient (Wildman–Crippen LogP) is 2.92. The van der Waals surface area contributed by atoms with Crippen molar-refractivity contribution in [1.29, 1.82) is 0 Å². The van der Waals surface area contributed by atoms with E-state index < -0.39 is 0 Å². The van der Waals surface area contributed by atoms with Crippen LogP contribution in [0.25, 0.3) is 0 Å². The van der Waals surface area contributed by atoms with Crippen LogP contribution in [0.4, 0.5) is 0 Å². The Hall–Kier alpha value is -0.780. The summed E-state index contributed by atoms with van der Waals surface area (Å²) in [4.78, 5) is 11.7. The number of aromatic hydroxyl groups is 1. The quantitative estimate of drug-likeness (QED) is 0.643. The summed E-state index contributed by atoms with van der Waals surface area (Å²) in [5.74, 6) is -0.166. The molecule has 0 aliphatic carbocycles. The largest absolute Gasteiger partial charge is 0.507 e. The van der Waals surface area contributed by atoms with Crippen LogP contribution in [-0.2, 0) is 0 Å². The van der Waals surface area contributed by atoms with Gasteiger partial charge in [-0.3, -0.25) is 4.79 Å². The number of hydrogen-bond donors (Lipinski definition) is 2. The zero-order valence-electron chi connectivity index (χ0n) is 9.29. The molecule has 0 aliphatic heterocycles. The van der Waals surface area contributed by atoms with Crippen LogP contribution in [0.5, 0.6) is 5.75 Å². The van der Waals surface area contributed by atoms with Crippen molar-refractivity contribution in [3.63, 3.8) is 0 Å². The molecule has 0 heterocycles. The third kappa shape index (κ3) is 4.00. The molecule has 2 N–H and O–H groups in total. The maximum Gasteiger partial charge on any atom is 0.255 e. The van der Waals surface area contributed by atoms with Crippen molar-refractivity contribution in [2.24, 2.45) is 0 Å². The van der Waals surface area contributed by atoms with Crippen LogP contribution in [-0.4, -0.2) is 17.6 Å². The molecular formula is C12H16INO2. The highest BCUT2D eigenvalue weighted by atomic mass is 127. The Balaban J connectivity index is 2.55. The van der Waals surface area contributed by atoms with E-state index in [0.29, 0.717) is 12.1 Å². The van der Waals surface area contributed by atoms with E-state index in [1.54, 1.807) is 18.2 Å². The Bertz CT molecular complexity index is 366. The van der Waals surface area contributed by atoms with Gasteiger partial charge in [0.15, 0.2) is 0 Å². The van der Waals surface area contributed by atoms with Crippen LogP contribution in [0.15, 0.2) is 18.2 Å². The third-order valence-corrected chi connectivity index (χ3v) is 2.94. The highest BCUT2D eigenvalue weighted by Crippen LogP contribution is 2.19. The number of rotatable bonds is 5. The summed E-state index contributed by atoms with van der Waals surface area (Å²) in [5.41, 5.74) is 0.350. The molecule has 0 unspecified atom stereocenters. The van der Waals surface area contributed by atoms with Gasteiger partial charge in [-0.15, -0.1) is 0 Å². The van der Waals surface area contributed by atoms with Gasteiger partial charge in [0, 0.05) is 10.1 Å². The Labute approximate surface area is 109 Å². The van der Waals surface area contributed by atoms with Gasteiger partial charge < -0.3 is 10.4 Å². The molecule has 1 aromatic carbocycles. The molecule has 0 atom stereocenters. The molecule has 0 fully saturated rings. The van der Waals surface area contributed by atoms with Gasteiger partial charge in [0.05, 0.1) is 5.56 Å². The summed E-state index contributed by atoms with van der Waals surface area (Å²) in [5, 5.41) is 12.3. The number of phenols is 1. The fourth-order valence-electron chi connectivity index (χ4n) is 1.36. The van der Waals surface area contributed by atoms with Crippen molar-refractivity contribution in [2.45, 2.75) is 26.2 Å². The van der Waals surface area contributed by atoms with Crippen molar-refractivity contribution in [1.82, 2.24) is 5.32 Å². The SMILES string of the molecule is CCCCCNC(=O)c1cc(I)ccc1O. The van der Waals surface area contributed by atoms with E-state index >= 15 is 0 Å². The van der Waals surface area contributed by atoms with Gasteiger partial charge in [-0.25, -0.2) is 0 Å². The number of unbranched alkanes of at least 4 members (excludes halogenated alkanes) is 2. The first kappa shape index (κ1) is 13.3. The molecule has 0 saturated heterocycles. The highest BCUT2D eigenvalue weighted by Gasteiger charge is 2.10. The van der Waals surface area contributed by atoms with E-state index in [2.05, 4.69) is 34.8 Å². The Morgan fingerprint density at radius 1 is 1.44 bits per heavy atom. The van der Waals surface area contributed by atoms with Gasteiger partial charge in [0.25, 0.3) is 5.91 Å². The van der Waals surface area contributed by atoms with Gasteiger partial charge in [-0.2, -0.15) is 0 Å². The van der Waals surface area contributed by atoms with E-state index in [1.807, 2.05) is 0 Å². The third-order valence-electron chi connectivity index (χ3n) is 2.27. The Morgan fingerprint density at radius 3 is 2.88 bits per heavy atom. The molecule has 88 valence electrons. The van der Waals surface area contributed by atoms with Gasteiger partial charge in [0.1, 0.15) is 5.75 Å². The van der Waals surface area contributed by atoms with Crippen molar-refractivity contribution in [2.75, 3.05) is 6.54 Å². The number of benzene rings is 1. The van der Waals surface area contributed by atoms with Crippen molar-refractivity contribution in [3.8, 4) is 5.75 Å². The molecule has 1 amide bonds. The lowest BCUT2D eigenvalue weighted by molar-refractivity contribution is 0.0950. The lowest BCUT2D eigenvalue weighted by atomic mass is 10.2. The minimum absolute atomic E-state index is 0.0356. The first-order valence-corrected chi connectivity index (χ1v) is 6.49. The van der Waals surface area contributed by atoms with Crippen LogP contribution in [0.2, 0.25) is 0 Å². The molecule has 0 spiro atoms. The average Bonchev–Trinajstić information content (AvgIpc) is 2.27. The summed E-state index contributed by atoms with van der Waals surface area (Å²) in [7, 11) is 0. The van der Waals surface area contributed by atoms with Crippen LogP contribution in [0.1, 0.15) is 36.5 Å². The standard InChI is InChI=1S/C12H16INO2/c1-2-3-4-7-14-12(16)10-8-9(13)5-6-11(10)15/h5-6,8,15H,2-4,7H2,1H3,(H,14,16). The Kier molecular flexibility index (Phi) is 5.59. The molecule has 0 saturated carbocycles. The van der Waals surface area contributed by atoms with Crippen molar-refractivity contribution < 1.29 is 9.90 Å². The maximum atomic E-state index is 11.7. The van der Waals surface area contributed by atoms with Gasteiger partial charge in [-0.05, 0) is 47.2 Å². The molecule has 0 aliphatic rings. The summed E-state index contributed by atoms with van der Waals surface area (Å²) >= 11 is 2.12. The molecular weight excluding hydrogens is 317 g/mol. The number of nitrogens with one attached hydrogen (secondary N) is 1. The fourth-order valence-corrected chi connectivity index (χ4v) is 1.85. The van der Waals surface area contributed by atoms with Gasteiger partial charge in [-0.1, -0.05) is 19.8 Å². The summed E-state index contributed by atoms with van der Waals surface area (Å²) in [6, 6.07) is 5.00. The van der Waals surface area contributed by atoms with Crippen LogP contribution in [0.3, 0.4) is 0 Å². The van der Waals surface area contributed by atoms with Gasteiger partial charge >= 0.3 is 0 Å². The number of carbonyl (C=O) groups is 1. The first-order valence-electron chi connectivity index (χ1n) is 5.42. The maximum absolute atomic E-state index is 11.7. The lowest BCUT2D eigenvalue weighted by Crippen LogP contribution is -2.24. The van der Waals surface area contributed by atoms with E-state index in [1.165, 1.54) is 0 Å². The molecule has 0 radical (unpaired) electrons. The van der Waals surface area contributed by atoms with Crippen LogP contribution < -0.4 is 5.32 Å². The molecule has 0 bridgehead atoms. The summed E-state index contributed by atoms with van der Waals surface area (Å²) in [6.45, 7) is 2.78. The second-order valence-corrected chi connectivity index (χ2v) is 4.87. The molecule has 3 nitrogen and oxygen atoms in total. The normalized spacial score (nSPS) is 10.1. The number of halogens is 1. The molecule has 4 heteroatoms. The van der Waals surface area contributed by atoms with E-state index in [0.717, 1.165) is 22.8 Å². The molecule has 1 aromatic rings. The van der Waals surface area contributed by atoms with Crippen molar-refractivity contribution in [3.05, 3.63) is 27.3 Å². The second-order valence-electron chi connectivity index (χ2n) is 3.62. The van der Waals surface area contributed by atoms with Crippen LogP contribution >= 0.6 is 22.6 Å². The fraction of sp³-hybridized carbons (Fsp3) is 0.417. The zero-order chi connectivity index (χ0) is 12.0. The summed E-state index contributed by atoms with van der Waals surface area (Å²) in [6.07, 6.45) is 3.22. The number of hydrogen-bond acceptors (Lipinski definition) is 2. The number of amides is 1. The number of phenolic OH excluding ortho intramolecular Hbond substituents is 1. The smallest absolute Gasteiger partial charge is 0.255 e. The minimum Gasteiger partial charge on any atom is -0.507 e. The molecule has 16 heavy (non-hydrogen) atoms. The average molecular weight is 333 g/mol. The zero-order valence-corrected chi connectivity index (χ0v) is 11.5. The molecule has 0 aromatic heterocycles. The summed E-state index contributed by atoms with van der Waals surface area (Å²) < 4.78 is 0.939.